The van der Waals surface area contributed by atoms with E-state index >= 15 is 0 Å². The molecule has 1 aromatic carbocycles. The lowest BCUT2D eigenvalue weighted by Crippen LogP contribution is -2.46. The monoisotopic (exact) mass is 342 g/mol. The van der Waals surface area contributed by atoms with Gasteiger partial charge in [0.1, 0.15) is 5.82 Å². The van der Waals surface area contributed by atoms with Crippen LogP contribution in [0.15, 0.2) is 24.3 Å². The van der Waals surface area contributed by atoms with Crippen LogP contribution in [-0.4, -0.2) is 39.5 Å². The molecular weight excluding hydrogens is 312 g/mol. The number of benzene rings is 1. The van der Waals surface area contributed by atoms with E-state index in [0.29, 0.717) is 6.04 Å². The van der Waals surface area contributed by atoms with Gasteiger partial charge in [0.15, 0.2) is 0 Å². The van der Waals surface area contributed by atoms with E-state index in [1.54, 1.807) is 0 Å². The Morgan fingerprint density at radius 3 is 2.68 bits per heavy atom. The van der Waals surface area contributed by atoms with Crippen molar-refractivity contribution < 1.29 is 4.79 Å². The number of likely N-dealkylation sites (tertiary alicyclic amines) is 1. The maximum atomic E-state index is 12.1. The lowest BCUT2D eigenvalue weighted by atomic mass is 10.0. The van der Waals surface area contributed by atoms with E-state index in [1.165, 1.54) is 5.52 Å². The zero-order valence-electron chi connectivity index (χ0n) is 15.7. The number of fused-ring (bicyclic) bond motifs is 1. The number of nitrogens with zero attached hydrogens (tertiary/aromatic N) is 3. The smallest absolute Gasteiger partial charge is 0.225 e. The van der Waals surface area contributed by atoms with E-state index in [2.05, 4.69) is 35.0 Å². The minimum Gasteiger partial charge on any atom is -0.342 e. The largest absolute Gasteiger partial charge is 0.342 e. The van der Waals surface area contributed by atoms with Crippen molar-refractivity contribution in [1.29, 1.82) is 0 Å². The summed E-state index contributed by atoms with van der Waals surface area (Å²) in [6.07, 6.45) is 3.14. The SMILES string of the molecule is CCCn1c(CNC2CCN(C(=O)C(C)C)CC2)nc2ccccc21. The van der Waals surface area contributed by atoms with Crippen molar-refractivity contribution in [2.24, 2.45) is 5.92 Å². The number of carbonyl (C=O) groups is 1. The van der Waals surface area contributed by atoms with Crippen LogP contribution in [0.1, 0.15) is 45.9 Å². The van der Waals surface area contributed by atoms with Gasteiger partial charge in [-0.1, -0.05) is 32.9 Å². The number of hydrogen-bond donors (Lipinski definition) is 1. The average molecular weight is 342 g/mol. The standard InChI is InChI=1S/C20H30N4O/c1-4-11-24-18-8-6-5-7-17(18)22-19(24)14-21-16-9-12-23(13-10-16)20(25)15(2)3/h5-8,15-16,21H,4,9-14H2,1-3H3. The molecule has 1 aliphatic rings. The summed E-state index contributed by atoms with van der Waals surface area (Å²) in [5.74, 6) is 1.49. The minimum absolute atomic E-state index is 0.0958. The quantitative estimate of drug-likeness (QED) is 0.877. The van der Waals surface area contributed by atoms with Gasteiger partial charge in [0.2, 0.25) is 5.91 Å². The molecule has 0 atom stereocenters. The molecule has 1 aliphatic heterocycles. The minimum atomic E-state index is 0.0958. The summed E-state index contributed by atoms with van der Waals surface area (Å²) in [5.41, 5.74) is 2.29. The normalized spacial score (nSPS) is 16.1. The highest BCUT2D eigenvalue weighted by molar-refractivity contribution is 5.78. The van der Waals surface area contributed by atoms with Gasteiger partial charge in [0.25, 0.3) is 0 Å². The topological polar surface area (TPSA) is 50.2 Å². The molecule has 5 nitrogen and oxygen atoms in total. The Balaban J connectivity index is 1.60. The lowest BCUT2D eigenvalue weighted by molar-refractivity contribution is -0.135. The van der Waals surface area contributed by atoms with Gasteiger partial charge in [-0.25, -0.2) is 4.98 Å². The molecule has 1 fully saturated rings. The predicted octanol–water partition coefficient (Wildman–Crippen LogP) is 3.18. The van der Waals surface area contributed by atoms with Crippen LogP contribution < -0.4 is 5.32 Å². The summed E-state index contributed by atoms with van der Waals surface area (Å²) >= 11 is 0. The molecule has 136 valence electrons. The van der Waals surface area contributed by atoms with Crippen LogP contribution in [0.25, 0.3) is 11.0 Å². The van der Waals surface area contributed by atoms with E-state index in [0.717, 1.165) is 56.8 Å². The first-order valence-electron chi connectivity index (χ1n) is 9.56. The highest BCUT2D eigenvalue weighted by Crippen LogP contribution is 2.18. The van der Waals surface area contributed by atoms with Crippen molar-refractivity contribution in [1.82, 2.24) is 19.8 Å². The Morgan fingerprint density at radius 1 is 1.28 bits per heavy atom. The van der Waals surface area contributed by atoms with Crippen LogP contribution in [0.5, 0.6) is 0 Å². The van der Waals surface area contributed by atoms with Crippen LogP contribution in [-0.2, 0) is 17.9 Å². The summed E-state index contributed by atoms with van der Waals surface area (Å²) in [6, 6.07) is 8.82. The number of carbonyl (C=O) groups excluding carboxylic acids is 1. The molecule has 2 heterocycles. The first-order valence-corrected chi connectivity index (χ1v) is 9.56. The number of aromatic nitrogens is 2. The van der Waals surface area contributed by atoms with Crippen molar-refractivity contribution in [3.63, 3.8) is 0 Å². The van der Waals surface area contributed by atoms with Gasteiger partial charge in [0.05, 0.1) is 17.6 Å². The molecule has 0 radical (unpaired) electrons. The van der Waals surface area contributed by atoms with Crippen molar-refractivity contribution in [3.05, 3.63) is 30.1 Å². The van der Waals surface area contributed by atoms with Crippen LogP contribution >= 0.6 is 0 Å². The summed E-state index contributed by atoms with van der Waals surface area (Å²) in [5, 5.41) is 3.67. The Labute approximate surface area is 150 Å². The number of aryl methyl sites for hydroxylation is 1. The third-order valence-electron chi connectivity index (χ3n) is 5.03. The van der Waals surface area contributed by atoms with Crippen LogP contribution in [0, 0.1) is 5.92 Å². The Kier molecular flexibility index (Phi) is 5.74. The number of amides is 1. The zero-order valence-corrected chi connectivity index (χ0v) is 15.7. The molecule has 0 unspecified atom stereocenters. The summed E-state index contributed by atoms with van der Waals surface area (Å²) in [4.78, 5) is 18.9. The van der Waals surface area contributed by atoms with E-state index < -0.39 is 0 Å². The lowest BCUT2D eigenvalue weighted by Gasteiger charge is -2.33. The number of piperidine rings is 1. The van der Waals surface area contributed by atoms with Crippen LogP contribution in [0.2, 0.25) is 0 Å². The number of hydrogen-bond acceptors (Lipinski definition) is 3. The molecule has 25 heavy (non-hydrogen) atoms. The van der Waals surface area contributed by atoms with Crippen molar-refractivity contribution in [2.75, 3.05) is 13.1 Å². The van der Waals surface area contributed by atoms with Crippen molar-refractivity contribution in [3.8, 4) is 0 Å². The van der Waals surface area contributed by atoms with Gasteiger partial charge in [-0.2, -0.15) is 0 Å². The van der Waals surface area contributed by atoms with Gasteiger partial charge in [0, 0.05) is 31.6 Å². The summed E-state index contributed by atoms with van der Waals surface area (Å²) in [7, 11) is 0. The summed E-state index contributed by atoms with van der Waals surface area (Å²) < 4.78 is 2.33. The third-order valence-corrected chi connectivity index (χ3v) is 5.03. The van der Waals surface area contributed by atoms with Gasteiger partial charge < -0.3 is 14.8 Å². The molecule has 2 aromatic rings. The second-order valence-electron chi connectivity index (χ2n) is 7.30. The molecule has 5 heteroatoms. The average Bonchev–Trinajstić information content (AvgIpc) is 2.98. The first-order chi connectivity index (χ1) is 12.1. The van der Waals surface area contributed by atoms with Crippen molar-refractivity contribution >= 4 is 16.9 Å². The van der Waals surface area contributed by atoms with Crippen LogP contribution in [0.4, 0.5) is 0 Å². The number of rotatable bonds is 6. The second-order valence-corrected chi connectivity index (χ2v) is 7.30. The summed E-state index contributed by atoms with van der Waals surface area (Å²) in [6.45, 7) is 9.67. The maximum absolute atomic E-state index is 12.1. The number of imidazole rings is 1. The Bertz CT molecular complexity index is 714. The Morgan fingerprint density at radius 2 is 2.00 bits per heavy atom. The molecule has 3 rings (SSSR count). The maximum Gasteiger partial charge on any atom is 0.225 e. The molecule has 0 spiro atoms. The molecule has 1 saturated heterocycles. The second kappa shape index (κ2) is 8.00. The molecule has 0 aliphatic carbocycles. The molecule has 0 bridgehead atoms. The van der Waals surface area contributed by atoms with Gasteiger partial charge >= 0.3 is 0 Å². The first kappa shape index (κ1) is 17.9. The molecule has 0 saturated carbocycles. The third kappa shape index (κ3) is 4.03. The number of para-hydroxylation sites is 2. The zero-order chi connectivity index (χ0) is 17.8. The van der Waals surface area contributed by atoms with Crippen molar-refractivity contribution in [2.45, 2.75) is 59.2 Å². The van der Waals surface area contributed by atoms with E-state index in [-0.39, 0.29) is 11.8 Å². The highest BCUT2D eigenvalue weighted by Gasteiger charge is 2.24. The van der Waals surface area contributed by atoms with E-state index in [9.17, 15) is 4.79 Å². The van der Waals surface area contributed by atoms with E-state index in [1.807, 2.05) is 24.8 Å². The Hall–Kier alpha value is -1.88. The highest BCUT2D eigenvalue weighted by atomic mass is 16.2. The molecular formula is C20H30N4O. The van der Waals surface area contributed by atoms with E-state index in [4.69, 9.17) is 4.98 Å². The fraction of sp³-hybridized carbons (Fsp3) is 0.600. The molecule has 1 amide bonds. The number of nitrogens with one attached hydrogen (secondary N) is 1. The predicted molar refractivity (Wildman–Crippen MR) is 101 cm³/mol. The molecule has 1 aromatic heterocycles. The fourth-order valence-corrected chi connectivity index (χ4v) is 3.64. The van der Waals surface area contributed by atoms with Crippen LogP contribution in [0.3, 0.4) is 0 Å². The van der Waals surface area contributed by atoms with Gasteiger partial charge in [-0.15, -0.1) is 0 Å². The molecule has 1 N–H and O–H groups in total. The fourth-order valence-electron chi connectivity index (χ4n) is 3.64. The van der Waals surface area contributed by atoms with Gasteiger partial charge in [-0.3, -0.25) is 4.79 Å². The van der Waals surface area contributed by atoms with Gasteiger partial charge in [-0.05, 0) is 31.4 Å².